The van der Waals surface area contributed by atoms with Crippen molar-refractivity contribution in [1.82, 2.24) is 25.4 Å². The van der Waals surface area contributed by atoms with Crippen LogP contribution in [-0.4, -0.2) is 42.8 Å². The van der Waals surface area contributed by atoms with Gasteiger partial charge in [0, 0.05) is 18.7 Å². The number of rotatable bonds is 6. The number of benzene rings is 1. The Hall–Kier alpha value is -2.37. The van der Waals surface area contributed by atoms with Crippen LogP contribution in [0, 0.1) is 5.82 Å². The highest BCUT2D eigenvalue weighted by atomic mass is 32.2. The number of hydrogen-bond acceptors (Lipinski definition) is 5. The third-order valence-corrected chi connectivity index (χ3v) is 3.20. The Morgan fingerprint density at radius 2 is 1.91 bits per heavy atom. The van der Waals surface area contributed by atoms with Gasteiger partial charge < -0.3 is 5.32 Å². The molecule has 1 aromatic heterocycles. The average molecular weight is 328 g/mol. The molecule has 0 atom stereocenters. The van der Waals surface area contributed by atoms with Crippen molar-refractivity contribution in [3.05, 3.63) is 35.8 Å². The van der Waals surface area contributed by atoms with Crippen molar-refractivity contribution in [3.63, 3.8) is 0 Å². The van der Waals surface area contributed by atoms with Gasteiger partial charge in [-0.25, -0.2) is 14.3 Å². The number of nitrogens with one attached hydrogen (secondary N) is 3. The lowest BCUT2D eigenvalue weighted by molar-refractivity contribution is 0.0950. The highest BCUT2D eigenvalue weighted by Crippen LogP contribution is 2.19. The Morgan fingerprint density at radius 1 is 1.23 bits per heavy atom. The van der Waals surface area contributed by atoms with Crippen molar-refractivity contribution in [2.45, 2.75) is 0 Å². The lowest BCUT2D eigenvalue weighted by Gasteiger charge is -2.05. The topological polar surface area (TPSA) is 143 Å². The Bertz CT molecular complexity index is 758. The molecule has 0 saturated carbocycles. The fraction of sp³-hybridized carbons (Fsp3) is 0.182. The van der Waals surface area contributed by atoms with Gasteiger partial charge >= 0.3 is 0 Å². The second-order valence-corrected chi connectivity index (χ2v) is 5.60. The van der Waals surface area contributed by atoms with E-state index < -0.39 is 21.9 Å². The van der Waals surface area contributed by atoms with Crippen molar-refractivity contribution in [1.29, 1.82) is 0 Å². The number of nitrogens with zero attached hydrogens (tertiary/aromatic N) is 2. The fourth-order valence-electron chi connectivity index (χ4n) is 1.65. The summed E-state index contributed by atoms with van der Waals surface area (Å²) in [6.07, 6.45) is 0. The van der Waals surface area contributed by atoms with Gasteiger partial charge in [-0.05, 0) is 24.3 Å². The molecular weight excluding hydrogens is 315 g/mol. The Labute approximate surface area is 125 Å². The first-order chi connectivity index (χ1) is 10.4. The average Bonchev–Trinajstić information content (AvgIpc) is 2.92. The van der Waals surface area contributed by atoms with Crippen LogP contribution in [0.3, 0.4) is 0 Å². The van der Waals surface area contributed by atoms with Gasteiger partial charge in [-0.15, -0.1) is 0 Å². The normalized spacial score (nSPS) is 11.4. The van der Waals surface area contributed by atoms with E-state index in [-0.39, 0.29) is 24.5 Å². The van der Waals surface area contributed by atoms with E-state index >= 15 is 0 Å². The van der Waals surface area contributed by atoms with Crippen LogP contribution < -0.4 is 15.2 Å². The molecule has 11 heteroatoms. The number of nitrogens with two attached hydrogens (primary N) is 1. The summed E-state index contributed by atoms with van der Waals surface area (Å²) in [5, 5.41) is 17.1. The summed E-state index contributed by atoms with van der Waals surface area (Å²) in [5.41, 5.74) is 0.794. The van der Waals surface area contributed by atoms with Gasteiger partial charge in [0.1, 0.15) is 11.5 Å². The lowest BCUT2D eigenvalue weighted by atomic mass is 10.1. The van der Waals surface area contributed by atoms with Crippen LogP contribution in [-0.2, 0) is 10.2 Å². The summed E-state index contributed by atoms with van der Waals surface area (Å²) in [7, 11) is -3.80. The molecule has 0 unspecified atom stereocenters. The number of carbonyl (C=O) groups excluding carboxylic acids is 1. The summed E-state index contributed by atoms with van der Waals surface area (Å²) >= 11 is 0. The molecule has 0 bridgehead atoms. The van der Waals surface area contributed by atoms with Crippen LogP contribution in [0.2, 0.25) is 0 Å². The number of aromatic amines is 1. The van der Waals surface area contributed by atoms with Crippen molar-refractivity contribution in [2.75, 3.05) is 13.1 Å². The van der Waals surface area contributed by atoms with Gasteiger partial charge in [0.2, 0.25) is 0 Å². The van der Waals surface area contributed by atoms with E-state index in [1.54, 1.807) is 0 Å². The predicted molar refractivity (Wildman–Crippen MR) is 75.2 cm³/mol. The van der Waals surface area contributed by atoms with Crippen LogP contribution in [0.15, 0.2) is 24.3 Å². The second kappa shape index (κ2) is 6.60. The quantitative estimate of drug-likeness (QED) is 0.510. The van der Waals surface area contributed by atoms with Crippen LogP contribution in [0.5, 0.6) is 0 Å². The molecule has 0 aliphatic carbocycles. The molecule has 2 rings (SSSR count). The van der Waals surface area contributed by atoms with Crippen LogP contribution in [0.4, 0.5) is 4.39 Å². The van der Waals surface area contributed by atoms with E-state index in [0.29, 0.717) is 5.56 Å². The monoisotopic (exact) mass is 328 g/mol. The maximum absolute atomic E-state index is 12.9. The Balaban J connectivity index is 2.02. The highest BCUT2D eigenvalue weighted by molar-refractivity contribution is 7.87. The molecule has 118 valence electrons. The number of carbonyl (C=O) groups is 1. The first-order valence-electron chi connectivity index (χ1n) is 6.09. The summed E-state index contributed by atoms with van der Waals surface area (Å²) in [6.45, 7) is -0.0424. The zero-order valence-electron chi connectivity index (χ0n) is 11.2. The van der Waals surface area contributed by atoms with E-state index in [0.717, 1.165) is 0 Å². The Kier molecular flexibility index (Phi) is 4.80. The molecule has 0 radical (unpaired) electrons. The van der Waals surface area contributed by atoms with Gasteiger partial charge in [-0.2, -0.15) is 23.8 Å². The maximum atomic E-state index is 12.9. The molecule has 5 N–H and O–H groups in total. The molecule has 9 nitrogen and oxygen atoms in total. The Morgan fingerprint density at radius 3 is 2.55 bits per heavy atom. The number of halogens is 1. The second-order valence-electron chi connectivity index (χ2n) is 4.22. The zero-order chi connectivity index (χ0) is 16.2. The maximum Gasteiger partial charge on any atom is 0.274 e. The number of amides is 1. The third-order valence-electron chi connectivity index (χ3n) is 2.59. The summed E-state index contributed by atoms with van der Waals surface area (Å²) in [6, 6.07) is 5.41. The molecule has 0 aliphatic rings. The highest BCUT2D eigenvalue weighted by Gasteiger charge is 2.17. The molecule has 1 aromatic carbocycles. The number of hydrogen-bond donors (Lipinski definition) is 4. The van der Waals surface area contributed by atoms with E-state index in [1.165, 1.54) is 24.3 Å². The molecule has 1 amide bonds. The van der Waals surface area contributed by atoms with Crippen molar-refractivity contribution >= 4 is 16.1 Å². The lowest BCUT2D eigenvalue weighted by Crippen LogP contribution is -2.38. The molecule has 0 spiro atoms. The zero-order valence-corrected chi connectivity index (χ0v) is 12.0. The summed E-state index contributed by atoms with van der Waals surface area (Å²) < 4.78 is 36.3. The van der Waals surface area contributed by atoms with Crippen molar-refractivity contribution < 1.29 is 17.6 Å². The minimum Gasteiger partial charge on any atom is -0.349 e. The fourth-order valence-corrected chi connectivity index (χ4v) is 2.04. The summed E-state index contributed by atoms with van der Waals surface area (Å²) in [4.78, 5) is 12.0. The molecule has 0 fully saturated rings. The van der Waals surface area contributed by atoms with E-state index in [4.69, 9.17) is 5.14 Å². The van der Waals surface area contributed by atoms with Crippen molar-refractivity contribution in [2.24, 2.45) is 5.14 Å². The predicted octanol–water partition coefficient (Wildman–Crippen LogP) is -0.866. The third kappa shape index (κ3) is 4.31. The van der Waals surface area contributed by atoms with Crippen LogP contribution in [0.1, 0.15) is 10.5 Å². The van der Waals surface area contributed by atoms with E-state index in [9.17, 15) is 17.6 Å². The largest absolute Gasteiger partial charge is 0.349 e. The SMILES string of the molecule is NS(=O)(=O)NCCNC(=O)c1n[nH]nc1-c1ccc(F)cc1. The van der Waals surface area contributed by atoms with E-state index in [2.05, 4.69) is 20.7 Å². The molecule has 2 aromatic rings. The first kappa shape index (κ1) is 16.0. The van der Waals surface area contributed by atoms with Crippen LogP contribution >= 0.6 is 0 Å². The number of aromatic nitrogens is 3. The van der Waals surface area contributed by atoms with Crippen molar-refractivity contribution in [3.8, 4) is 11.3 Å². The molecule has 0 saturated heterocycles. The number of H-pyrrole nitrogens is 1. The van der Waals surface area contributed by atoms with E-state index in [1.807, 2.05) is 4.72 Å². The van der Waals surface area contributed by atoms with Crippen LogP contribution in [0.25, 0.3) is 11.3 Å². The molecule has 0 aliphatic heterocycles. The van der Waals surface area contributed by atoms with Gasteiger partial charge in [0.15, 0.2) is 5.69 Å². The molecular formula is C11H13FN6O3S. The van der Waals surface area contributed by atoms with Gasteiger partial charge in [-0.3, -0.25) is 4.79 Å². The summed E-state index contributed by atoms with van der Waals surface area (Å²) in [5.74, 6) is -0.961. The smallest absolute Gasteiger partial charge is 0.274 e. The molecule has 22 heavy (non-hydrogen) atoms. The van der Waals surface area contributed by atoms with Gasteiger partial charge in [0.05, 0.1) is 0 Å². The first-order valence-corrected chi connectivity index (χ1v) is 7.64. The minimum atomic E-state index is -3.80. The van der Waals surface area contributed by atoms with Gasteiger partial charge in [-0.1, -0.05) is 0 Å². The minimum absolute atomic E-state index is 0.0159. The molecule has 1 heterocycles. The standard InChI is InChI=1S/C11H13FN6O3S/c12-8-3-1-7(2-4-8)9-10(17-18-16-9)11(19)14-5-6-15-22(13,20)21/h1-4,15H,5-6H2,(H,14,19)(H2,13,20,21)(H,16,17,18). The van der Waals surface area contributed by atoms with Gasteiger partial charge in [0.25, 0.3) is 16.1 Å².